The third kappa shape index (κ3) is 3.81. The van der Waals surface area contributed by atoms with E-state index >= 15 is 0 Å². The highest BCUT2D eigenvalue weighted by Crippen LogP contribution is 2.19. The van der Waals surface area contributed by atoms with E-state index in [1.54, 1.807) is 0 Å². The molecule has 2 unspecified atom stereocenters. The molecule has 0 radical (unpaired) electrons. The number of likely N-dealkylation sites (tertiary alicyclic amines) is 1. The largest absolute Gasteiger partial charge is 0.329 e. The first-order chi connectivity index (χ1) is 9.78. The number of likely N-dealkylation sites (N-methyl/N-ethyl adjacent to an activating group) is 1. The second-order valence-corrected chi connectivity index (χ2v) is 5.74. The van der Waals surface area contributed by atoms with Gasteiger partial charge in [0.1, 0.15) is 0 Å². The number of nitrogens with zero attached hydrogens (tertiary/aromatic N) is 2. The molecule has 1 aliphatic heterocycles. The summed E-state index contributed by atoms with van der Waals surface area (Å²) in [5.41, 5.74) is 7.43. The molecule has 20 heavy (non-hydrogen) atoms. The Balaban J connectivity index is 1.93. The fraction of sp³-hybridized carbons (Fsp3) is 0.647. The van der Waals surface area contributed by atoms with E-state index in [1.807, 2.05) is 0 Å². The van der Waals surface area contributed by atoms with Gasteiger partial charge in [-0.25, -0.2) is 0 Å². The summed E-state index contributed by atoms with van der Waals surface area (Å²) in [5, 5.41) is 0. The van der Waals surface area contributed by atoms with Gasteiger partial charge in [-0.3, -0.25) is 9.80 Å². The summed E-state index contributed by atoms with van der Waals surface area (Å²) in [6, 6.07) is 11.9. The summed E-state index contributed by atoms with van der Waals surface area (Å²) < 4.78 is 0. The zero-order valence-corrected chi connectivity index (χ0v) is 13.0. The third-order valence-corrected chi connectivity index (χ3v) is 4.63. The normalized spacial score (nSPS) is 21.5. The average molecular weight is 275 g/mol. The van der Waals surface area contributed by atoms with Gasteiger partial charge in [0.15, 0.2) is 0 Å². The maximum atomic E-state index is 6.03. The minimum atomic E-state index is 0.484. The topological polar surface area (TPSA) is 32.5 Å². The molecule has 1 aliphatic rings. The third-order valence-electron chi connectivity index (χ3n) is 4.63. The predicted octanol–water partition coefficient (Wildman–Crippen LogP) is 1.97. The van der Waals surface area contributed by atoms with Gasteiger partial charge < -0.3 is 5.73 Å². The monoisotopic (exact) mass is 275 g/mol. The van der Waals surface area contributed by atoms with E-state index in [1.165, 1.54) is 25.1 Å². The fourth-order valence-electron chi connectivity index (χ4n) is 3.39. The molecule has 1 saturated heterocycles. The Labute approximate surface area is 123 Å². The van der Waals surface area contributed by atoms with Crippen molar-refractivity contribution in [3.05, 3.63) is 35.9 Å². The van der Waals surface area contributed by atoms with Gasteiger partial charge >= 0.3 is 0 Å². The van der Waals surface area contributed by atoms with Crippen LogP contribution in [0.4, 0.5) is 0 Å². The zero-order chi connectivity index (χ0) is 14.4. The van der Waals surface area contributed by atoms with Crippen molar-refractivity contribution in [2.45, 2.75) is 38.8 Å². The predicted molar refractivity (Wildman–Crippen MR) is 85.9 cm³/mol. The Morgan fingerprint density at radius 3 is 2.55 bits per heavy atom. The number of benzene rings is 1. The fourth-order valence-corrected chi connectivity index (χ4v) is 3.39. The summed E-state index contributed by atoms with van der Waals surface area (Å²) in [7, 11) is 0. The first kappa shape index (κ1) is 15.5. The molecule has 1 aromatic carbocycles. The molecule has 3 nitrogen and oxygen atoms in total. The molecule has 2 rings (SSSR count). The lowest BCUT2D eigenvalue weighted by molar-refractivity contribution is 0.188. The minimum Gasteiger partial charge on any atom is -0.329 e. The van der Waals surface area contributed by atoms with E-state index in [2.05, 4.69) is 54.0 Å². The van der Waals surface area contributed by atoms with Gasteiger partial charge in [-0.1, -0.05) is 44.2 Å². The van der Waals surface area contributed by atoms with Crippen molar-refractivity contribution in [1.82, 2.24) is 9.80 Å². The van der Waals surface area contributed by atoms with E-state index in [0.717, 1.165) is 32.1 Å². The molecule has 3 heteroatoms. The number of rotatable bonds is 7. The molecule has 112 valence electrons. The van der Waals surface area contributed by atoms with Gasteiger partial charge in [0, 0.05) is 31.7 Å². The number of hydrogen-bond acceptors (Lipinski definition) is 3. The van der Waals surface area contributed by atoms with Crippen LogP contribution in [-0.2, 0) is 6.42 Å². The van der Waals surface area contributed by atoms with Gasteiger partial charge in [0.2, 0.25) is 0 Å². The van der Waals surface area contributed by atoms with Crippen LogP contribution in [0.25, 0.3) is 0 Å². The Morgan fingerprint density at radius 1 is 1.25 bits per heavy atom. The Bertz CT molecular complexity index is 375. The lowest BCUT2D eigenvalue weighted by atomic mass is 10.1. The standard InChI is InChI=1S/C17H29N3/c1-3-19(4-2)16-10-11-20(14-16)17(13-18)12-15-8-6-5-7-9-15/h5-9,16-17H,3-4,10-14,18H2,1-2H3. The van der Waals surface area contributed by atoms with Gasteiger partial charge in [-0.2, -0.15) is 0 Å². The molecule has 1 aromatic rings. The molecule has 0 aromatic heterocycles. The van der Waals surface area contributed by atoms with Crippen molar-refractivity contribution in [2.75, 3.05) is 32.7 Å². The van der Waals surface area contributed by atoms with Crippen LogP contribution < -0.4 is 5.73 Å². The van der Waals surface area contributed by atoms with Crippen LogP contribution in [0.1, 0.15) is 25.8 Å². The van der Waals surface area contributed by atoms with Crippen molar-refractivity contribution >= 4 is 0 Å². The molecule has 1 heterocycles. The lowest BCUT2D eigenvalue weighted by Gasteiger charge is -2.29. The van der Waals surface area contributed by atoms with E-state index in [4.69, 9.17) is 5.73 Å². The smallest absolute Gasteiger partial charge is 0.0259 e. The molecular formula is C17H29N3. The van der Waals surface area contributed by atoms with E-state index in [9.17, 15) is 0 Å². The molecule has 0 amide bonds. The summed E-state index contributed by atoms with van der Waals surface area (Å²) in [6.07, 6.45) is 2.36. The maximum Gasteiger partial charge on any atom is 0.0259 e. The summed E-state index contributed by atoms with van der Waals surface area (Å²) in [6.45, 7) is 9.95. The van der Waals surface area contributed by atoms with E-state index in [-0.39, 0.29) is 0 Å². The first-order valence-corrected chi connectivity index (χ1v) is 8.00. The van der Waals surface area contributed by atoms with Crippen LogP contribution in [-0.4, -0.2) is 54.6 Å². The summed E-state index contributed by atoms with van der Waals surface area (Å²) in [4.78, 5) is 5.17. The number of hydrogen-bond donors (Lipinski definition) is 1. The maximum absolute atomic E-state index is 6.03. The molecule has 1 fully saturated rings. The van der Waals surface area contributed by atoms with Crippen LogP contribution in [0.5, 0.6) is 0 Å². The highest BCUT2D eigenvalue weighted by atomic mass is 15.3. The van der Waals surface area contributed by atoms with E-state index in [0.29, 0.717) is 6.04 Å². The average Bonchev–Trinajstić information content (AvgIpc) is 2.97. The molecule has 0 aliphatic carbocycles. The molecule has 2 atom stereocenters. The van der Waals surface area contributed by atoms with Crippen LogP contribution in [0.2, 0.25) is 0 Å². The molecule has 0 saturated carbocycles. The van der Waals surface area contributed by atoms with Gasteiger partial charge in [0.25, 0.3) is 0 Å². The van der Waals surface area contributed by atoms with Crippen LogP contribution in [0.15, 0.2) is 30.3 Å². The minimum absolute atomic E-state index is 0.484. The van der Waals surface area contributed by atoms with Crippen molar-refractivity contribution in [2.24, 2.45) is 5.73 Å². The van der Waals surface area contributed by atoms with Crippen molar-refractivity contribution in [3.8, 4) is 0 Å². The van der Waals surface area contributed by atoms with Crippen molar-refractivity contribution in [3.63, 3.8) is 0 Å². The van der Waals surface area contributed by atoms with Crippen LogP contribution in [0.3, 0.4) is 0 Å². The van der Waals surface area contributed by atoms with Gasteiger partial charge in [-0.05, 0) is 31.5 Å². The van der Waals surface area contributed by atoms with Gasteiger partial charge in [0.05, 0.1) is 0 Å². The van der Waals surface area contributed by atoms with E-state index < -0.39 is 0 Å². The molecule has 2 N–H and O–H groups in total. The quantitative estimate of drug-likeness (QED) is 0.826. The van der Waals surface area contributed by atoms with Gasteiger partial charge in [-0.15, -0.1) is 0 Å². The second-order valence-electron chi connectivity index (χ2n) is 5.74. The Hall–Kier alpha value is -0.900. The second kappa shape index (κ2) is 7.77. The number of nitrogens with two attached hydrogens (primary N) is 1. The summed E-state index contributed by atoms with van der Waals surface area (Å²) >= 11 is 0. The highest BCUT2D eigenvalue weighted by molar-refractivity contribution is 5.16. The Kier molecular flexibility index (Phi) is 6.02. The van der Waals surface area contributed by atoms with Crippen LogP contribution >= 0.6 is 0 Å². The first-order valence-electron chi connectivity index (χ1n) is 8.00. The summed E-state index contributed by atoms with van der Waals surface area (Å²) in [5.74, 6) is 0. The van der Waals surface area contributed by atoms with Crippen molar-refractivity contribution in [1.29, 1.82) is 0 Å². The van der Waals surface area contributed by atoms with Crippen LogP contribution in [0, 0.1) is 0 Å². The molecule has 0 spiro atoms. The molecular weight excluding hydrogens is 246 g/mol. The highest BCUT2D eigenvalue weighted by Gasteiger charge is 2.30. The van der Waals surface area contributed by atoms with Crippen molar-refractivity contribution < 1.29 is 0 Å². The zero-order valence-electron chi connectivity index (χ0n) is 13.0. The lowest BCUT2D eigenvalue weighted by Crippen LogP contribution is -2.43. The Morgan fingerprint density at radius 2 is 1.95 bits per heavy atom. The molecule has 0 bridgehead atoms. The SMILES string of the molecule is CCN(CC)C1CCN(C(CN)Cc2ccccc2)C1.